The van der Waals surface area contributed by atoms with Gasteiger partial charge in [-0.05, 0) is 55.8 Å². The molecule has 0 radical (unpaired) electrons. The number of benzene rings is 2. The Morgan fingerprint density at radius 2 is 1.77 bits per heavy atom. The molecule has 35 heavy (non-hydrogen) atoms. The Bertz CT molecular complexity index is 1260. The van der Waals surface area contributed by atoms with E-state index in [-0.39, 0.29) is 23.4 Å². The maximum Gasteiger partial charge on any atom is 0.296 e. The highest BCUT2D eigenvalue weighted by Crippen LogP contribution is 2.42. The molecule has 4 rings (SSSR count). The van der Waals surface area contributed by atoms with Crippen LogP contribution in [0.25, 0.3) is 5.76 Å². The molecule has 1 aliphatic rings. The number of carbonyl (C=O) groups is 2. The maximum absolute atomic E-state index is 13.7. The number of pyridine rings is 1. The number of hydrogen-bond donors (Lipinski definition) is 1. The van der Waals surface area contributed by atoms with Crippen molar-refractivity contribution in [3.63, 3.8) is 0 Å². The summed E-state index contributed by atoms with van der Waals surface area (Å²) in [6, 6.07) is 14.7. The molecule has 8 heteroatoms. The van der Waals surface area contributed by atoms with Crippen molar-refractivity contribution in [2.75, 3.05) is 13.2 Å². The van der Waals surface area contributed by atoms with Gasteiger partial charge in [0, 0.05) is 12.3 Å². The number of ether oxygens (including phenoxy) is 2. The summed E-state index contributed by atoms with van der Waals surface area (Å²) in [6.45, 7) is 4.43. The average Bonchev–Trinajstić information content (AvgIpc) is 3.10. The second-order valence-corrected chi connectivity index (χ2v) is 7.82. The van der Waals surface area contributed by atoms with E-state index >= 15 is 0 Å². The van der Waals surface area contributed by atoms with E-state index in [1.807, 2.05) is 6.92 Å². The summed E-state index contributed by atoms with van der Waals surface area (Å²) in [5.41, 5.74) is 1.19. The first-order valence-electron chi connectivity index (χ1n) is 11.3. The van der Waals surface area contributed by atoms with Crippen molar-refractivity contribution in [2.45, 2.75) is 26.4 Å². The van der Waals surface area contributed by atoms with Crippen LogP contribution in [0.4, 0.5) is 4.39 Å². The molecule has 1 N–H and O–H groups in total. The van der Waals surface area contributed by atoms with E-state index in [0.717, 1.165) is 0 Å². The van der Waals surface area contributed by atoms with Crippen LogP contribution < -0.4 is 9.47 Å². The highest BCUT2D eigenvalue weighted by Gasteiger charge is 2.46. The smallest absolute Gasteiger partial charge is 0.296 e. The number of carbonyl (C=O) groups excluding carboxylic acids is 2. The van der Waals surface area contributed by atoms with Gasteiger partial charge in [-0.3, -0.25) is 14.6 Å². The van der Waals surface area contributed by atoms with Gasteiger partial charge in [-0.25, -0.2) is 4.39 Å². The third-order valence-corrected chi connectivity index (χ3v) is 5.60. The fraction of sp³-hybridized carbons (Fsp3) is 0.222. The molecule has 7 nitrogen and oxygen atoms in total. The van der Waals surface area contributed by atoms with E-state index in [2.05, 4.69) is 4.98 Å². The number of aliphatic hydroxyl groups is 1. The Morgan fingerprint density at radius 1 is 1.03 bits per heavy atom. The molecule has 1 aliphatic heterocycles. The van der Waals surface area contributed by atoms with Crippen molar-refractivity contribution in [3.05, 3.63) is 95.1 Å². The molecule has 1 saturated heterocycles. The lowest BCUT2D eigenvalue weighted by atomic mass is 9.95. The van der Waals surface area contributed by atoms with Crippen LogP contribution in [0.15, 0.2) is 72.4 Å². The van der Waals surface area contributed by atoms with Crippen LogP contribution in [-0.4, -0.2) is 39.9 Å². The Balaban J connectivity index is 1.87. The van der Waals surface area contributed by atoms with Gasteiger partial charge in [-0.2, -0.15) is 0 Å². The van der Waals surface area contributed by atoms with Gasteiger partial charge >= 0.3 is 0 Å². The van der Waals surface area contributed by atoms with E-state index in [1.54, 1.807) is 49.5 Å². The first kappa shape index (κ1) is 23.9. The summed E-state index contributed by atoms with van der Waals surface area (Å²) >= 11 is 0. The van der Waals surface area contributed by atoms with Gasteiger partial charge in [0.15, 0.2) is 0 Å². The van der Waals surface area contributed by atoms with Gasteiger partial charge in [-0.1, -0.05) is 18.2 Å². The fourth-order valence-corrected chi connectivity index (χ4v) is 4.08. The lowest BCUT2D eigenvalue weighted by Crippen LogP contribution is -2.29. The second-order valence-electron chi connectivity index (χ2n) is 7.82. The molecular weight excluding hydrogens is 451 g/mol. The van der Waals surface area contributed by atoms with Gasteiger partial charge in [0.1, 0.15) is 23.1 Å². The minimum Gasteiger partial charge on any atom is -0.507 e. The summed E-state index contributed by atoms with van der Waals surface area (Å²) in [7, 11) is 0. The van der Waals surface area contributed by atoms with Gasteiger partial charge in [0.05, 0.1) is 42.6 Å². The molecule has 1 aromatic heterocycles. The van der Waals surface area contributed by atoms with Crippen molar-refractivity contribution >= 4 is 17.4 Å². The van der Waals surface area contributed by atoms with E-state index in [0.29, 0.717) is 36.0 Å². The molecular formula is C27H25FN2O5. The Morgan fingerprint density at radius 3 is 2.43 bits per heavy atom. The van der Waals surface area contributed by atoms with Gasteiger partial charge in [0.2, 0.25) is 0 Å². The van der Waals surface area contributed by atoms with Crippen LogP contribution in [0.2, 0.25) is 0 Å². The second kappa shape index (κ2) is 10.4. The molecule has 2 heterocycles. The number of rotatable bonds is 8. The molecule has 1 unspecified atom stereocenters. The minimum absolute atomic E-state index is 0.0336. The molecule has 1 amide bonds. The third-order valence-electron chi connectivity index (χ3n) is 5.60. The first-order valence-corrected chi connectivity index (χ1v) is 11.3. The predicted octanol–water partition coefficient (Wildman–Crippen LogP) is 4.64. The average molecular weight is 477 g/mol. The fourth-order valence-electron chi connectivity index (χ4n) is 4.08. The van der Waals surface area contributed by atoms with E-state index < -0.39 is 23.5 Å². The van der Waals surface area contributed by atoms with Crippen molar-refractivity contribution in [3.8, 4) is 11.5 Å². The van der Waals surface area contributed by atoms with Crippen LogP contribution in [0.3, 0.4) is 0 Å². The van der Waals surface area contributed by atoms with Crippen molar-refractivity contribution < 1.29 is 28.6 Å². The largest absolute Gasteiger partial charge is 0.507 e. The lowest BCUT2D eigenvalue weighted by Gasteiger charge is -2.25. The van der Waals surface area contributed by atoms with E-state index in [4.69, 9.17) is 9.47 Å². The summed E-state index contributed by atoms with van der Waals surface area (Å²) in [6.07, 6.45) is 1.59. The van der Waals surface area contributed by atoms with Gasteiger partial charge < -0.3 is 19.5 Å². The molecule has 0 saturated carbocycles. The predicted molar refractivity (Wildman–Crippen MR) is 127 cm³/mol. The molecule has 180 valence electrons. The summed E-state index contributed by atoms with van der Waals surface area (Å²) in [4.78, 5) is 32.0. The van der Waals surface area contributed by atoms with E-state index in [9.17, 15) is 19.1 Å². The number of amides is 1. The Kier molecular flexibility index (Phi) is 7.10. The van der Waals surface area contributed by atoms with Crippen LogP contribution in [0, 0.1) is 5.82 Å². The van der Waals surface area contributed by atoms with Gasteiger partial charge in [0.25, 0.3) is 11.7 Å². The topological polar surface area (TPSA) is 89.0 Å². The van der Waals surface area contributed by atoms with Gasteiger partial charge in [-0.15, -0.1) is 0 Å². The minimum atomic E-state index is -0.946. The van der Waals surface area contributed by atoms with Crippen molar-refractivity contribution in [1.29, 1.82) is 0 Å². The number of aliphatic hydroxyl groups excluding tert-OH is 1. The highest BCUT2D eigenvalue weighted by molar-refractivity contribution is 6.46. The SMILES string of the molecule is CCOc1ccc(/C(O)=C2/C(=O)C(=O)N(Cc3ccccn3)C2c2ccc(F)cc2)c(OCC)c1. The lowest BCUT2D eigenvalue weighted by molar-refractivity contribution is -0.140. The van der Waals surface area contributed by atoms with Crippen LogP contribution in [0.5, 0.6) is 11.5 Å². The molecule has 0 spiro atoms. The number of hydrogen-bond acceptors (Lipinski definition) is 6. The van der Waals surface area contributed by atoms with Crippen LogP contribution in [0.1, 0.15) is 36.7 Å². The Hall–Kier alpha value is -4.20. The molecule has 1 fully saturated rings. The number of aromatic nitrogens is 1. The molecule has 0 aliphatic carbocycles. The summed E-state index contributed by atoms with van der Waals surface area (Å²) in [5, 5.41) is 11.4. The summed E-state index contributed by atoms with van der Waals surface area (Å²) in [5.74, 6) is -1.62. The van der Waals surface area contributed by atoms with Crippen LogP contribution in [-0.2, 0) is 16.1 Å². The highest BCUT2D eigenvalue weighted by atomic mass is 19.1. The zero-order chi connectivity index (χ0) is 24.9. The number of likely N-dealkylation sites (tertiary alicyclic amines) is 1. The zero-order valence-corrected chi connectivity index (χ0v) is 19.4. The quantitative estimate of drug-likeness (QED) is 0.290. The molecule has 0 bridgehead atoms. The maximum atomic E-state index is 13.7. The van der Waals surface area contributed by atoms with Crippen LogP contribution >= 0.6 is 0 Å². The normalized spacial score (nSPS) is 17.0. The number of halogens is 1. The zero-order valence-electron chi connectivity index (χ0n) is 19.4. The Labute approximate surface area is 202 Å². The molecule has 3 aromatic rings. The molecule has 2 aromatic carbocycles. The third kappa shape index (κ3) is 4.87. The number of ketones is 1. The number of Topliss-reactive ketones (excluding diaryl/α,β-unsaturated/α-hetero) is 1. The summed E-state index contributed by atoms with van der Waals surface area (Å²) < 4.78 is 24.9. The van der Waals surface area contributed by atoms with Crippen molar-refractivity contribution in [1.82, 2.24) is 9.88 Å². The molecule has 1 atom stereocenters. The monoisotopic (exact) mass is 476 g/mol. The van der Waals surface area contributed by atoms with Crippen molar-refractivity contribution in [2.24, 2.45) is 0 Å². The van der Waals surface area contributed by atoms with E-state index in [1.165, 1.54) is 29.2 Å². The first-order chi connectivity index (χ1) is 16.9. The number of nitrogens with zero attached hydrogens (tertiary/aromatic N) is 2. The standard InChI is InChI=1S/C27H25FN2O5/c1-3-34-20-12-13-21(22(15-20)35-4-2)25(31)23-24(17-8-10-18(28)11-9-17)30(27(33)26(23)32)16-19-7-5-6-14-29-19/h5-15,24,31H,3-4,16H2,1-2H3/b25-23-.